The topological polar surface area (TPSA) is 93.5 Å². The van der Waals surface area contributed by atoms with Crippen molar-refractivity contribution in [1.82, 2.24) is 5.32 Å². The number of anilines is 1. The normalized spacial score (nSPS) is 10.4. The molecular formula is C16H14FN3O4. The van der Waals surface area contributed by atoms with Gasteiger partial charge in [-0.25, -0.2) is 9.18 Å². The number of non-ortho nitro benzene ring substituents is 1. The average molecular weight is 331 g/mol. The number of nitro benzene ring substituents is 1. The van der Waals surface area contributed by atoms with Crippen LogP contribution in [0.25, 0.3) is 6.08 Å². The molecule has 2 aromatic rings. The van der Waals surface area contributed by atoms with Gasteiger partial charge in [-0.2, -0.15) is 0 Å². The van der Waals surface area contributed by atoms with Crippen LogP contribution in [0.15, 0.2) is 48.7 Å². The number of hydrogen-bond donors (Lipinski definition) is 2. The quantitative estimate of drug-likeness (QED) is 0.647. The van der Waals surface area contributed by atoms with Crippen LogP contribution in [0.5, 0.6) is 5.75 Å². The molecule has 0 atom stereocenters. The Morgan fingerprint density at radius 3 is 2.71 bits per heavy atom. The molecule has 0 aromatic heterocycles. The van der Waals surface area contributed by atoms with Crippen LogP contribution in [0.1, 0.15) is 5.56 Å². The van der Waals surface area contributed by atoms with Crippen molar-refractivity contribution < 1.29 is 18.8 Å². The lowest BCUT2D eigenvalue weighted by Crippen LogP contribution is -2.24. The highest BCUT2D eigenvalue weighted by Crippen LogP contribution is 2.28. The van der Waals surface area contributed by atoms with E-state index in [4.69, 9.17) is 4.74 Å². The van der Waals surface area contributed by atoms with E-state index in [0.717, 1.165) is 0 Å². The number of carbonyl (C=O) groups excluding carboxylic acids is 1. The number of carbonyl (C=O) groups is 1. The SMILES string of the molecule is COc1ccc([N+](=O)[O-])cc1NC(=O)N/C=C/c1ccccc1F. The molecule has 24 heavy (non-hydrogen) atoms. The number of methoxy groups -OCH3 is 1. The molecule has 0 unspecified atom stereocenters. The summed E-state index contributed by atoms with van der Waals surface area (Å²) in [4.78, 5) is 22.1. The van der Waals surface area contributed by atoms with Gasteiger partial charge in [0.1, 0.15) is 11.6 Å². The van der Waals surface area contributed by atoms with E-state index < -0.39 is 16.8 Å². The first-order valence-electron chi connectivity index (χ1n) is 6.82. The van der Waals surface area contributed by atoms with E-state index in [1.54, 1.807) is 18.2 Å². The highest BCUT2D eigenvalue weighted by molar-refractivity contribution is 5.92. The molecule has 0 bridgehead atoms. The summed E-state index contributed by atoms with van der Waals surface area (Å²) < 4.78 is 18.5. The maximum absolute atomic E-state index is 13.4. The van der Waals surface area contributed by atoms with Gasteiger partial charge in [0.05, 0.1) is 17.7 Å². The van der Waals surface area contributed by atoms with Crippen molar-refractivity contribution in [2.45, 2.75) is 0 Å². The lowest BCUT2D eigenvalue weighted by atomic mass is 10.2. The Morgan fingerprint density at radius 2 is 2.04 bits per heavy atom. The number of urea groups is 1. The standard InChI is InChI=1S/C16H14FN3O4/c1-24-15-7-6-12(20(22)23)10-14(15)19-16(21)18-9-8-11-4-2-3-5-13(11)17/h2-10H,1H3,(H2,18,19,21)/b9-8+. The van der Waals surface area contributed by atoms with Crippen molar-refractivity contribution in [3.63, 3.8) is 0 Å². The van der Waals surface area contributed by atoms with Gasteiger partial charge in [0.2, 0.25) is 0 Å². The number of benzene rings is 2. The van der Waals surface area contributed by atoms with Crippen LogP contribution in [0.4, 0.5) is 20.6 Å². The van der Waals surface area contributed by atoms with Crippen molar-refractivity contribution in [1.29, 1.82) is 0 Å². The number of nitro groups is 1. The van der Waals surface area contributed by atoms with Crippen LogP contribution < -0.4 is 15.4 Å². The highest BCUT2D eigenvalue weighted by atomic mass is 19.1. The fraction of sp³-hybridized carbons (Fsp3) is 0.0625. The van der Waals surface area contributed by atoms with Crippen molar-refractivity contribution in [2.75, 3.05) is 12.4 Å². The predicted octanol–water partition coefficient (Wildman–Crippen LogP) is 3.53. The van der Waals surface area contributed by atoms with Gasteiger partial charge in [0, 0.05) is 23.9 Å². The zero-order valence-corrected chi connectivity index (χ0v) is 12.7. The van der Waals surface area contributed by atoms with Crippen molar-refractivity contribution in [3.05, 3.63) is 70.2 Å². The zero-order chi connectivity index (χ0) is 17.5. The Hall–Kier alpha value is -3.42. The fourth-order valence-electron chi connectivity index (χ4n) is 1.88. The molecule has 0 heterocycles. The second-order valence-corrected chi connectivity index (χ2v) is 4.60. The summed E-state index contributed by atoms with van der Waals surface area (Å²) in [5.74, 6) is -0.148. The van der Waals surface area contributed by atoms with Gasteiger partial charge in [-0.3, -0.25) is 10.1 Å². The number of amides is 2. The Bertz CT molecular complexity index is 793. The molecule has 0 saturated carbocycles. The van der Waals surface area contributed by atoms with Gasteiger partial charge < -0.3 is 15.4 Å². The predicted molar refractivity (Wildman–Crippen MR) is 87.2 cm³/mol. The third-order valence-electron chi connectivity index (χ3n) is 3.02. The number of ether oxygens (including phenoxy) is 1. The van der Waals surface area contributed by atoms with Gasteiger partial charge in [0.25, 0.3) is 5.69 Å². The molecule has 2 N–H and O–H groups in total. The van der Waals surface area contributed by atoms with Gasteiger partial charge in [-0.1, -0.05) is 18.2 Å². The lowest BCUT2D eigenvalue weighted by molar-refractivity contribution is -0.384. The number of hydrogen-bond acceptors (Lipinski definition) is 4. The molecule has 2 rings (SSSR count). The van der Waals surface area contributed by atoms with E-state index in [1.165, 1.54) is 43.7 Å². The molecule has 124 valence electrons. The van der Waals surface area contributed by atoms with Crippen LogP contribution in [-0.4, -0.2) is 18.1 Å². The Balaban J connectivity index is 2.05. The number of rotatable bonds is 5. The Labute approximate surface area is 136 Å². The molecule has 0 aliphatic rings. The first kappa shape index (κ1) is 16.9. The summed E-state index contributed by atoms with van der Waals surface area (Å²) in [6.07, 6.45) is 2.65. The van der Waals surface area contributed by atoms with E-state index in [0.29, 0.717) is 5.56 Å². The lowest BCUT2D eigenvalue weighted by Gasteiger charge is -2.09. The van der Waals surface area contributed by atoms with Crippen LogP contribution >= 0.6 is 0 Å². The molecule has 0 radical (unpaired) electrons. The third-order valence-corrected chi connectivity index (χ3v) is 3.02. The highest BCUT2D eigenvalue weighted by Gasteiger charge is 2.13. The molecule has 0 aliphatic heterocycles. The smallest absolute Gasteiger partial charge is 0.323 e. The largest absolute Gasteiger partial charge is 0.495 e. The molecule has 8 heteroatoms. The van der Waals surface area contributed by atoms with Gasteiger partial charge in [-0.05, 0) is 18.2 Å². The molecule has 0 spiro atoms. The van der Waals surface area contributed by atoms with Crippen molar-refractivity contribution in [3.8, 4) is 5.75 Å². The number of halogens is 1. The number of nitrogens with one attached hydrogen (secondary N) is 2. The van der Waals surface area contributed by atoms with Crippen LogP contribution in [0, 0.1) is 15.9 Å². The van der Waals surface area contributed by atoms with Gasteiger partial charge >= 0.3 is 6.03 Å². The summed E-state index contributed by atoms with van der Waals surface area (Å²) in [6, 6.07) is 9.24. The number of nitrogens with zero attached hydrogens (tertiary/aromatic N) is 1. The minimum atomic E-state index is -0.651. The summed E-state index contributed by atoms with van der Waals surface area (Å²) in [6.45, 7) is 0. The van der Waals surface area contributed by atoms with Crippen LogP contribution in [0.3, 0.4) is 0 Å². The summed E-state index contributed by atoms with van der Waals surface area (Å²) in [5, 5.41) is 15.6. The van der Waals surface area contributed by atoms with Gasteiger partial charge in [-0.15, -0.1) is 0 Å². The minimum Gasteiger partial charge on any atom is -0.495 e. The second-order valence-electron chi connectivity index (χ2n) is 4.60. The molecular weight excluding hydrogens is 317 g/mol. The molecule has 7 nitrogen and oxygen atoms in total. The molecule has 0 aliphatic carbocycles. The first-order valence-corrected chi connectivity index (χ1v) is 6.82. The maximum atomic E-state index is 13.4. The van der Waals surface area contributed by atoms with E-state index >= 15 is 0 Å². The fourth-order valence-corrected chi connectivity index (χ4v) is 1.88. The summed E-state index contributed by atoms with van der Waals surface area (Å²) >= 11 is 0. The maximum Gasteiger partial charge on any atom is 0.323 e. The van der Waals surface area contributed by atoms with Crippen molar-refractivity contribution in [2.24, 2.45) is 0 Å². The van der Waals surface area contributed by atoms with Crippen LogP contribution in [-0.2, 0) is 0 Å². The molecule has 0 fully saturated rings. The second kappa shape index (κ2) is 7.73. The molecule has 2 aromatic carbocycles. The summed E-state index contributed by atoms with van der Waals surface area (Å²) in [5.41, 5.74) is 0.266. The monoisotopic (exact) mass is 331 g/mol. The van der Waals surface area contributed by atoms with Gasteiger partial charge in [0.15, 0.2) is 0 Å². The Morgan fingerprint density at radius 1 is 1.29 bits per heavy atom. The Kier molecular flexibility index (Phi) is 5.45. The first-order chi connectivity index (χ1) is 11.5. The summed E-state index contributed by atoms with van der Waals surface area (Å²) in [7, 11) is 1.38. The minimum absolute atomic E-state index is 0.142. The van der Waals surface area contributed by atoms with Crippen molar-refractivity contribution >= 4 is 23.5 Å². The third kappa shape index (κ3) is 4.29. The molecule has 0 saturated heterocycles. The molecule has 2 amide bonds. The van der Waals surface area contributed by atoms with E-state index in [-0.39, 0.29) is 17.1 Å². The van der Waals surface area contributed by atoms with E-state index in [9.17, 15) is 19.3 Å². The van der Waals surface area contributed by atoms with Crippen LogP contribution in [0.2, 0.25) is 0 Å². The average Bonchev–Trinajstić information content (AvgIpc) is 2.56. The zero-order valence-electron chi connectivity index (χ0n) is 12.7. The van der Waals surface area contributed by atoms with E-state index in [1.807, 2.05) is 0 Å². The van der Waals surface area contributed by atoms with E-state index in [2.05, 4.69) is 10.6 Å².